The highest BCUT2D eigenvalue weighted by atomic mass is 79.9. The highest BCUT2D eigenvalue weighted by Gasteiger charge is 2.42. The van der Waals surface area contributed by atoms with Crippen molar-refractivity contribution in [2.24, 2.45) is 11.3 Å². The molecule has 102 valence electrons. The summed E-state index contributed by atoms with van der Waals surface area (Å²) in [5.74, 6) is 0.641. The van der Waals surface area contributed by atoms with Gasteiger partial charge in [0.2, 0.25) is 0 Å². The molecule has 0 bridgehead atoms. The lowest BCUT2D eigenvalue weighted by Gasteiger charge is -2.37. The molecular formula is C15H17BrClNO. The third-order valence-corrected chi connectivity index (χ3v) is 5.09. The van der Waals surface area contributed by atoms with Gasteiger partial charge >= 0.3 is 0 Å². The van der Waals surface area contributed by atoms with E-state index in [2.05, 4.69) is 28.9 Å². The summed E-state index contributed by atoms with van der Waals surface area (Å²) in [5.41, 5.74) is 0.0866. The molecule has 0 spiro atoms. The number of nitrogens with zero attached hydrogens (tertiary/aromatic N) is 1. The van der Waals surface area contributed by atoms with E-state index >= 15 is 0 Å². The Labute approximate surface area is 127 Å². The van der Waals surface area contributed by atoms with Crippen molar-refractivity contribution in [3.63, 3.8) is 0 Å². The molecule has 0 radical (unpaired) electrons. The second-order valence-corrected chi connectivity index (χ2v) is 6.81. The van der Waals surface area contributed by atoms with Gasteiger partial charge in [-0.2, -0.15) is 5.26 Å². The lowest BCUT2D eigenvalue weighted by molar-refractivity contribution is 0.0261. The second-order valence-electron chi connectivity index (χ2n) is 5.52. The van der Waals surface area contributed by atoms with Gasteiger partial charge in [0.1, 0.15) is 0 Å². The molecule has 0 saturated heterocycles. The highest BCUT2D eigenvalue weighted by molar-refractivity contribution is 9.10. The largest absolute Gasteiger partial charge is 0.387 e. The molecule has 1 aromatic rings. The molecule has 1 fully saturated rings. The summed E-state index contributed by atoms with van der Waals surface area (Å²) in [5, 5.41) is 20.8. The van der Waals surface area contributed by atoms with Crippen LogP contribution in [0.4, 0.5) is 0 Å². The molecule has 19 heavy (non-hydrogen) atoms. The van der Waals surface area contributed by atoms with Crippen LogP contribution in [-0.2, 0) is 0 Å². The van der Waals surface area contributed by atoms with Crippen molar-refractivity contribution in [1.29, 1.82) is 5.26 Å². The second kappa shape index (κ2) is 5.83. The zero-order valence-electron chi connectivity index (χ0n) is 10.9. The van der Waals surface area contributed by atoms with Gasteiger partial charge in [0.15, 0.2) is 0 Å². The van der Waals surface area contributed by atoms with E-state index < -0.39 is 11.5 Å². The minimum atomic E-state index is -0.767. The van der Waals surface area contributed by atoms with E-state index in [9.17, 15) is 10.4 Å². The van der Waals surface area contributed by atoms with E-state index in [4.69, 9.17) is 11.6 Å². The standard InChI is InChI=1S/C15H17BrClNO/c1-10-4-6-15(9-18,7-5-10)14(19)12-3-2-11(17)8-13(12)16/h2-3,8,10,14,19H,4-7H2,1H3. The molecule has 1 saturated carbocycles. The molecule has 0 aromatic heterocycles. The topological polar surface area (TPSA) is 44.0 Å². The Hall–Kier alpha value is -0.560. The van der Waals surface area contributed by atoms with Crippen molar-refractivity contribution in [2.75, 3.05) is 0 Å². The Morgan fingerprint density at radius 2 is 2.11 bits per heavy atom. The Bertz CT molecular complexity index is 503. The molecule has 4 heteroatoms. The van der Waals surface area contributed by atoms with Crippen LogP contribution < -0.4 is 0 Å². The van der Waals surface area contributed by atoms with Crippen molar-refractivity contribution in [3.05, 3.63) is 33.3 Å². The molecule has 1 atom stereocenters. The fourth-order valence-corrected chi connectivity index (χ4v) is 3.64. The number of hydrogen-bond donors (Lipinski definition) is 1. The molecule has 2 rings (SSSR count). The maximum Gasteiger partial charge on any atom is 0.0987 e. The maximum absolute atomic E-state index is 10.7. The fourth-order valence-electron chi connectivity index (χ4n) is 2.74. The Kier molecular flexibility index (Phi) is 4.55. The van der Waals surface area contributed by atoms with Gasteiger partial charge < -0.3 is 5.11 Å². The van der Waals surface area contributed by atoms with E-state index in [-0.39, 0.29) is 0 Å². The minimum absolute atomic E-state index is 0.617. The van der Waals surface area contributed by atoms with Gasteiger partial charge in [0.05, 0.1) is 17.6 Å². The molecule has 1 N–H and O–H groups in total. The van der Waals surface area contributed by atoms with E-state index in [1.54, 1.807) is 18.2 Å². The number of benzene rings is 1. The lowest BCUT2D eigenvalue weighted by atomic mass is 9.67. The predicted octanol–water partition coefficient (Wildman–Crippen LogP) is 4.86. The summed E-state index contributed by atoms with van der Waals surface area (Å²) >= 11 is 9.34. The van der Waals surface area contributed by atoms with Crippen LogP contribution in [0.2, 0.25) is 5.02 Å². The van der Waals surface area contributed by atoms with Gasteiger partial charge in [-0.15, -0.1) is 0 Å². The monoisotopic (exact) mass is 341 g/mol. The maximum atomic E-state index is 10.7. The number of halogens is 2. The Morgan fingerprint density at radius 3 is 2.63 bits per heavy atom. The van der Waals surface area contributed by atoms with Crippen LogP contribution in [0.5, 0.6) is 0 Å². The number of hydrogen-bond acceptors (Lipinski definition) is 2. The predicted molar refractivity (Wildman–Crippen MR) is 79.8 cm³/mol. The first-order valence-corrected chi connectivity index (χ1v) is 7.70. The van der Waals surface area contributed by atoms with Crippen LogP contribution in [-0.4, -0.2) is 5.11 Å². The molecule has 0 heterocycles. The van der Waals surface area contributed by atoms with Gasteiger partial charge in [-0.3, -0.25) is 0 Å². The van der Waals surface area contributed by atoms with Crippen molar-refractivity contribution in [1.82, 2.24) is 0 Å². The number of aliphatic hydroxyl groups excluding tert-OH is 1. The van der Waals surface area contributed by atoms with E-state index in [0.29, 0.717) is 10.9 Å². The first-order chi connectivity index (χ1) is 8.98. The van der Waals surface area contributed by atoms with Gasteiger partial charge in [-0.25, -0.2) is 0 Å². The van der Waals surface area contributed by atoms with Crippen LogP contribution in [0.25, 0.3) is 0 Å². The zero-order valence-corrected chi connectivity index (χ0v) is 13.2. The van der Waals surface area contributed by atoms with Crippen molar-refractivity contribution in [3.8, 4) is 6.07 Å². The number of nitriles is 1. The molecule has 1 aliphatic rings. The van der Waals surface area contributed by atoms with Crippen molar-refractivity contribution >= 4 is 27.5 Å². The SMILES string of the molecule is CC1CCC(C#N)(C(O)c2ccc(Cl)cc2Br)CC1. The van der Waals surface area contributed by atoms with Gasteiger partial charge in [0, 0.05) is 9.50 Å². The summed E-state index contributed by atoms with van der Waals surface area (Å²) in [6.07, 6.45) is 2.73. The Morgan fingerprint density at radius 1 is 1.47 bits per heavy atom. The van der Waals surface area contributed by atoms with Crippen LogP contribution in [0.1, 0.15) is 44.3 Å². The molecule has 1 unspecified atom stereocenters. The smallest absolute Gasteiger partial charge is 0.0987 e. The average Bonchev–Trinajstić information content (AvgIpc) is 2.39. The van der Waals surface area contributed by atoms with Crippen molar-refractivity contribution < 1.29 is 5.11 Å². The summed E-state index contributed by atoms with van der Waals surface area (Å²) in [7, 11) is 0. The van der Waals surface area contributed by atoms with Crippen LogP contribution in [0.15, 0.2) is 22.7 Å². The molecule has 1 aliphatic carbocycles. The Balaban J connectivity index is 2.31. The normalized spacial score (nSPS) is 28.7. The van der Waals surface area contributed by atoms with E-state index in [1.165, 1.54) is 0 Å². The van der Waals surface area contributed by atoms with Crippen LogP contribution in [0.3, 0.4) is 0 Å². The molecule has 0 aliphatic heterocycles. The fraction of sp³-hybridized carbons (Fsp3) is 0.533. The quantitative estimate of drug-likeness (QED) is 0.834. The molecule has 2 nitrogen and oxygen atoms in total. The van der Waals surface area contributed by atoms with Gasteiger partial charge in [-0.1, -0.05) is 40.5 Å². The third-order valence-electron chi connectivity index (χ3n) is 4.17. The molecular weight excluding hydrogens is 326 g/mol. The van der Waals surface area contributed by atoms with E-state index in [0.717, 1.165) is 35.7 Å². The third kappa shape index (κ3) is 2.97. The van der Waals surface area contributed by atoms with Gasteiger partial charge in [-0.05, 0) is 49.3 Å². The molecule has 0 amide bonds. The molecule has 1 aromatic carbocycles. The van der Waals surface area contributed by atoms with Crippen LogP contribution in [0, 0.1) is 22.7 Å². The average molecular weight is 343 g/mol. The zero-order chi connectivity index (χ0) is 14.0. The summed E-state index contributed by atoms with van der Waals surface area (Å²) < 4.78 is 0.765. The number of aliphatic hydroxyl groups is 1. The summed E-state index contributed by atoms with van der Waals surface area (Å²) in [6, 6.07) is 7.69. The summed E-state index contributed by atoms with van der Waals surface area (Å²) in [6.45, 7) is 2.20. The van der Waals surface area contributed by atoms with Crippen molar-refractivity contribution in [2.45, 2.75) is 38.7 Å². The summed E-state index contributed by atoms with van der Waals surface area (Å²) in [4.78, 5) is 0. The minimum Gasteiger partial charge on any atom is -0.387 e. The van der Waals surface area contributed by atoms with Crippen LogP contribution >= 0.6 is 27.5 Å². The first-order valence-electron chi connectivity index (χ1n) is 6.53. The highest BCUT2D eigenvalue weighted by Crippen LogP contribution is 2.48. The lowest BCUT2D eigenvalue weighted by Crippen LogP contribution is -2.32. The number of rotatable bonds is 2. The first kappa shape index (κ1) is 14.8. The van der Waals surface area contributed by atoms with E-state index in [1.807, 2.05) is 0 Å². The van der Waals surface area contributed by atoms with Gasteiger partial charge in [0.25, 0.3) is 0 Å².